The first-order chi connectivity index (χ1) is 18.4. The van der Waals surface area contributed by atoms with Crippen LogP contribution in [0.2, 0.25) is 0 Å². The van der Waals surface area contributed by atoms with Gasteiger partial charge in [0.05, 0.1) is 17.5 Å². The fourth-order valence-electron chi connectivity index (χ4n) is 3.88. The van der Waals surface area contributed by atoms with E-state index in [0.29, 0.717) is 4.57 Å². The number of rotatable bonds is 8. The fraction of sp³-hybridized carbons (Fsp3) is 0.250. The number of H-pyrrole nitrogens is 1. The van der Waals surface area contributed by atoms with Crippen LogP contribution in [0, 0.1) is 0 Å². The van der Waals surface area contributed by atoms with Gasteiger partial charge in [-0.15, -0.1) is 0 Å². The molecule has 1 fully saturated rings. The number of aromatic nitrogens is 2. The molecule has 39 heavy (non-hydrogen) atoms. The molecule has 206 valence electrons. The Morgan fingerprint density at radius 1 is 0.923 bits per heavy atom. The Labute approximate surface area is 217 Å². The minimum atomic E-state index is -6.02. The van der Waals surface area contributed by atoms with Crippen LogP contribution in [0.3, 0.4) is 0 Å². The lowest BCUT2D eigenvalue weighted by molar-refractivity contribution is -0.0740. The van der Waals surface area contributed by atoms with E-state index in [2.05, 4.69) is 0 Å². The number of benzene rings is 2. The monoisotopic (exact) mass is 566 g/mol. The molecule has 0 bridgehead atoms. The van der Waals surface area contributed by atoms with Gasteiger partial charge in [-0.3, -0.25) is 18.9 Å². The molecule has 1 saturated heterocycles. The summed E-state index contributed by atoms with van der Waals surface area (Å²) >= 11 is 0. The molecule has 0 saturated carbocycles. The van der Waals surface area contributed by atoms with Crippen LogP contribution in [-0.4, -0.2) is 55.3 Å². The van der Waals surface area contributed by atoms with Crippen molar-refractivity contribution in [2.75, 3.05) is 0 Å². The molecule has 1 aromatic heterocycles. The van der Waals surface area contributed by atoms with Gasteiger partial charge in [-0.1, -0.05) is 36.4 Å². The van der Waals surface area contributed by atoms with Crippen LogP contribution in [0.1, 0.15) is 33.4 Å². The summed E-state index contributed by atoms with van der Waals surface area (Å²) in [5.41, 5.74) is -6.53. The Bertz CT molecular complexity index is 1510. The molecule has 4 atom stereocenters. The molecule has 1 aliphatic rings. The standard InChI is InChI=1S/C24H21F2N2O10P/c25-24(26,39(33,34)35)13-16-18(37-21(30)14-7-3-1-4-8-14)19(38-22(31)15-9-5-2-6-10-15)20(36-16)28-12-11-17(29)27-23(28)32/h1-12,16,18-20H,13H2,(H,27,29,32)(H2,33,34,35)/t16-,18-,19-,20-/m1/s1. The fourth-order valence-corrected chi connectivity index (χ4v) is 4.30. The third-order valence-electron chi connectivity index (χ3n) is 5.79. The molecule has 0 unspecified atom stereocenters. The van der Waals surface area contributed by atoms with Gasteiger partial charge in [-0.25, -0.2) is 14.4 Å². The Morgan fingerprint density at radius 2 is 1.44 bits per heavy atom. The Hall–Kier alpha value is -3.97. The molecule has 0 radical (unpaired) electrons. The maximum Gasteiger partial charge on any atom is 0.394 e. The van der Waals surface area contributed by atoms with Gasteiger partial charge < -0.3 is 24.0 Å². The largest absolute Gasteiger partial charge is 0.452 e. The number of halogens is 2. The van der Waals surface area contributed by atoms with Crippen molar-refractivity contribution < 1.29 is 46.9 Å². The highest BCUT2D eigenvalue weighted by Crippen LogP contribution is 2.56. The van der Waals surface area contributed by atoms with Crippen LogP contribution in [0.4, 0.5) is 8.78 Å². The zero-order valence-electron chi connectivity index (χ0n) is 19.8. The first kappa shape index (κ1) is 28.0. The number of carbonyl (C=O) groups is 2. The third-order valence-corrected chi connectivity index (χ3v) is 6.82. The molecule has 0 spiro atoms. The third kappa shape index (κ3) is 6.20. The lowest BCUT2D eigenvalue weighted by Crippen LogP contribution is -2.43. The molecule has 3 aromatic rings. The molecule has 2 aromatic carbocycles. The topological polar surface area (TPSA) is 174 Å². The van der Waals surface area contributed by atoms with Gasteiger partial charge in [0.25, 0.3) is 5.56 Å². The van der Waals surface area contributed by atoms with Crippen molar-refractivity contribution in [3.8, 4) is 0 Å². The maximum absolute atomic E-state index is 14.5. The Balaban J connectivity index is 1.79. The minimum Gasteiger partial charge on any atom is -0.452 e. The quantitative estimate of drug-likeness (QED) is 0.270. The second kappa shape index (κ2) is 11.0. The van der Waals surface area contributed by atoms with Gasteiger partial charge in [0.15, 0.2) is 18.4 Å². The molecule has 0 aliphatic carbocycles. The van der Waals surface area contributed by atoms with E-state index in [1.54, 1.807) is 12.1 Å². The summed E-state index contributed by atoms with van der Waals surface area (Å²) in [6.45, 7) is 0. The number of esters is 2. The normalized spacial score (nSPS) is 21.3. The summed E-state index contributed by atoms with van der Waals surface area (Å²) in [5, 5.41) is 0. The van der Waals surface area contributed by atoms with Crippen LogP contribution >= 0.6 is 7.60 Å². The molecule has 15 heteroatoms. The second-order valence-corrected chi connectivity index (χ2v) is 10.2. The van der Waals surface area contributed by atoms with Crippen molar-refractivity contribution in [2.45, 2.75) is 36.6 Å². The summed E-state index contributed by atoms with van der Waals surface area (Å²) in [7, 11) is -6.02. The van der Waals surface area contributed by atoms with Crippen LogP contribution in [0.5, 0.6) is 0 Å². The van der Waals surface area contributed by atoms with Gasteiger partial charge in [0, 0.05) is 12.3 Å². The van der Waals surface area contributed by atoms with Crippen LogP contribution < -0.4 is 11.2 Å². The van der Waals surface area contributed by atoms with Crippen molar-refractivity contribution in [2.24, 2.45) is 0 Å². The minimum absolute atomic E-state index is 0.0159. The molecule has 12 nitrogen and oxygen atoms in total. The zero-order valence-corrected chi connectivity index (χ0v) is 20.6. The summed E-state index contributed by atoms with van der Waals surface area (Å²) in [5.74, 6) is -2.06. The van der Waals surface area contributed by atoms with Crippen molar-refractivity contribution in [3.05, 3.63) is 105 Å². The molecular formula is C24H21F2N2O10P. The van der Waals surface area contributed by atoms with E-state index in [4.69, 9.17) is 14.2 Å². The smallest absolute Gasteiger partial charge is 0.394 e. The number of nitrogens with zero attached hydrogens (tertiary/aromatic N) is 1. The molecule has 1 aliphatic heterocycles. The highest BCUT2D eigenvalue weighted by molar-refractivity contribution is 7.53. The van der Waals surface area contributed by atoms with Gasteiger partial charge in [0.2, 0.25) is 0 Å². The highest BCUT2D eigenvalue weighted by atomic mass is 31.2. The van der Waals surface area contributed by atoms with Gasteiger partial charge in [0.1, 0.15) is 6.10 Å². The van der Waals surface area contributed by atoms with Crippen LogP contribution in [0.25, 0.3) is 0 Å². The van der Waals surface area contributed by atoms with E-state index in [1.165, 1.54) is 48.5 Å². The van der Waals surface area contributed by atoms with E-state index < -0.39 is 67.4 Å². The van der Waals surface area contributed by atoms with Gasteiger partial charge in [-0.05, 0) is 24.3 Å². The molecule has 3 N–H and O–H groups in total. The van der Waals surface area contributed by atoms with Crippen molar-refractivity contribution in [1.29, 1.82) is 0 Å². The summed E-state index contributed by atoms with van der Waals surface area (Å²) in [6, 6.07) is 15.6. The number of aromatic amines is 1. The predicted molar refractivity (Wildman–Crippen MR) is 128 cm³/mol. The van der Waals surface area contributed by atoms with Crippen molar-refractivity contribution >= 4 is 19.5 Å². The number of carbonyl (C=O) groups excluding carboxylic acids is 2. The predicted octanol–water partition coefficient (Wildman–Crippen LogP) is 2.05. The van der Waals surface area contributed by atoms with Crippen LogP contribution in [0.15, 0.2) is 82.5 Å². The summed E-state index contributed by atoms with van der Waals surface area (Å²) < 4.78 is 57.7. The van der Waals surface area contributed by atoms with Gasteiger partial charge >= 0.3 is 30.9 Å². The second-order valence-electron chi connectivity index (χ2n) is 8.47. The SMILES string of the molecule is O=C(O[C@@H]1[C@H](OC(=O)c2ccccc2)[C@@H](CC(F)(F)P(=O)(O)O)O[C@H]1n1ccc(=O)[nH]c1=O)c1ccccc1. The lowest BCUT2D eigenvalue weighted by Gasteiger charge is -2.26. The summed E-state index contributed by atoms with van der Waals surface area (Å²) in [4.78, 5) is 70.3. The van der Waals surface area contributed by atoms with E-state index in [1.807, 2.05) is 4.98 Å². The molecule has 2 heterocycles. The molecular weight excluding hydrogens is 545 g/mol. The van der Waals surface area contributed by atoms with E-state index >= 15 is 0 Å². The first-order valence-corrected chi connectivity index (χ1v) is 12.9. The number of alkyl halides is 2. The average molecular weight is 566 g/mol. The van der Waals surface area contributed by atoms with Crippen LogP contribution in [-0.2, 0) is 18.8 Å². The van der Waals surface area contributed by atoms with Gasteiger partial charge in [-0.2, -0.15) is 8.78 Å². The number of hydrogen-bond acceptors (Lipinski definition) is 8. The highest BCUT2D eigenvalue weighted by Gasteiger charge is 2.58. The average Bonchev–Trinajstić information content (AvgIpc) is 3.19. The Morgan fingerprint density at radius 3 is 1.92 bits per heavy atom. The number of hydrogen-bond donors (Lipinski definition) is 3. The van der Waals surface area contributed by atoms with E-state index in [9.17, 15) is 42.3 Å². The zero-order chi connectivity index (χ0) is 28.4. The van der Waals surface area contributed by atoms with Crippen molar-refractivity contribution in [3.63, 3.8) is 0 Å². The number of nitrogens with one attached hydrogen (secondary N) is 1. The Kier molecular flexibility index (Phi) is 7.93. The van der Waals surface area contributed by atoms with Crippen molar-refractivity contribution in [1.82, 2.24) is 9.55 Å². The lowest BCUT2D eigenvalue weighted by atomic mass is 10.1. The molecule has 0 amide bonds. The van der Waals surface area contributed by atoms with E-state index in [0.717, 1.165) is 12.3 Å². The van der Waals surface area contributed by atoms with E-state index in [-0.39, 0.29) is 11.1 Å². The molecule has 4 rings (SSSR count). The first-order valence-electron chi connectivity index (χ1n) is 11.3. The number of ether oxygens (including phenoxy) is 3. The summed E-state index contributed by atoms with van der Waals surface area (Å²) in [6.07, 6.45) is -8.09. The maximum atomic E-state index is 14.5.